The van der Waals surface area contributed by atoms with Crippen molar-refractivity contribution in [2.45, 2.75) is 6.92 Å². The molecule has 1 aromatic heterocycles. The summed E-state index contributed by atoms with van der Waals surface area (Å²) >= 11 is 5.84. The maximum absolute atomic E-state index is 11.4. The lowest BCUT2D eigenvalue weighted by atomic mass is 10.3. The lowest BCUT2D eigenvalue weighted by molar-refractivity contribution is 0.0595. The Morgan fingerprint density at radius 2 is 2.27 bits per heavy atom. The minimum absolute atomic E-state index is 0.0767. The summed E-state index contributed by atoms with van der Waals surface area (Å²) < 4.78 is 4.48. The highest BCUT2D eigenvalue weighted by Gasteiger charge is 2.20. The molecule has 1 amide bonds. The second-order valence-corrected chi connectivity index (χ2v) is 3.12. The van der Waals surface area contributed by atoms with Crippen molar-refractivity contribution >= 4 is 23.5 Å². The van der Waals surface area contributed by atoms with Crippen molar-refractivity contribution in [1.29, 1.82) is 0 Å². The van der Waals surface area contributed by atoms with E-state index in [0.717, 1.165) is 0 Å². The Balaban J connectivity index is 2.98. The van der Waals surface area contributed by atoms with Crippen LogP contribution in [-0.2, 0) is 4.74 Å². The monoisotopic (exact) mass is 230 g/mol. The van der Waals surface area contributed by atoms with E-state index >= 15 is 0 Å². The molecule has 0 aliphatic heterocycles. The van der Waals surface area contributed by atoms with E-state index in [1.807, 2.05) is 0 Å². The molecule has 15 heavy (non-hydrogen) atoms. The third-order valence-electron chi connectivity index (χ3n) is 1.79. The Morgan fingerprint density at radius 1 is 1.60 bits per heavy atom. The first-order chi connectivity index (χ1) is 7.11. The molecule has 0 atom stereocenters. The molecule has 0 saturated carbocycles. The van der Waals surface area contributed by atoms with E-state index in [0.29, 0.717) is 6.54 Å². The van der Waals surface area contributed by atoms with Crippen molar-refractivity contribution in [2.24, 2.45) is 0 Å². The Morgan fingerprint density at radius 3 is 2.80 bits per heavy atom. The van der Waals surface area contributed by atoms with Crippen LogP contribution < -0.4 is 5.32 Å². The van der Waals surface area contributed by atoms with Gasteiger partial charge in [-0.25, -0.2) is 4.79 Å². The Labute approximate surface area is 91.8 Å². The lowest BCUT2D eigenvalue weighted by Crippen LogP contribution is -2.22. The predicted molar refractivity (Wildman–Crippen MR) is 55.1 cm³/mol. The molecule has 6 heteroatoms. The zero-order chi connectivity index (χ0) is 11.4. The van der Waals surface area contributed by atoms with E-state index in [-0.39, 0.29) is 22.2 Å². The van der Waals surface area contributed by atoms with Gasteiger partial charge in [-0.15, -0.1) is 0 Å². The number of halogens is 1. The van der Waals surface area contributed by atoms with Crippen molar-refractivity contribution in [3.05, 3.63) is 22.5 Å². The molecule has 0 fully saturated rings. The number of ether oxygens (including phenoxy) is 1. The number of H-pyrrole nitrogens is 1. The van der Waals surface area contributed by atoms with E-state index in [2.05, 4.69) is 15.0 Å². The van der Waals surface area contributed by atoms with Crippen molar-refractivity contribution in [1.82, 2.24) is 10.3 Å². The summed E-state index contributed by atoms with van der Waals surface area (Å²) in [7, 11) is 1.24. The fraction of sp³-hybridized carbons (Fsp3) is 0.333. The molecule has 0 aliphatic carbocycles. The summed E-state index contributed by atoms with van der Waals surface area (Å²) in [5.41, 5.74) is 0.319. The van der Waals surface area contributed by atoms with Crippen LogP contribution in [-0.4, -0.2) is 30.5 Å². The van der Waals surface area contributed by atoms with E-state index < -0.39 is 5.97 Å². The number of carbonyl (C=O) groups is 2. The van der Waals surface area contributed by atoms with Gasteiger partial charge in [0.05, 0.1) is 17.7 Å². The summed E-state index contributed by atoms with van der Waals surface area (Å²) in [5.74, 6) is -0.926. The topological polar surface area (TPSA) is 71.2 Å². The van der Waals surface area contributed by atoms with Crippen LogP contribution >= 0.6 is 11.6 Å². The average molecular weight is 231 g/mol. The fourth-order valence-electron chi connectivity index (χ4n) is 1.08. The van der Waals surface area contributed by atoms with Crippen LogP contribution in [0, 0.1) is 0 Å². The smallest absolute Gasteiger partial charge is 0.356 e. The first-order valence-corrected chi connectivity index (χ1v) is 4.73. The normalized spacial score (nSPS) is 9.80. The third-order valence-corrected chi connectivity index (χ3v) is 2.18. The summed E-state index contributed by atoms with van der Waals surface area (Å²) in [4.78, 5) is 25.2. The number of esters is 1. The maximum atomic E-state index is 11.4. The number of nitrogens with one attached hydrogen (secondary N) is 2. The van der Waals surface area contributed by atoms with Gasteiger partial charge in [-0.3, -0.25) is 4.79 Å². The highest BCUT2D eigenvalue weighted by molar-refractivity contribution is 6.36. The summed E-state index contributed by atoms with van der Waals surface area (Å²) in [5, 5.41) is 2.65. The van der Waals surface area contributed by atoms with Crippen LogP contribution in [0.2, 0.25) is 5.02 Å². The molecular weight excluding hydrogens is 220 g/mol. The average Bonchev–Trinajstić information content (AvgIpc) is 2.59. The van der Waals surface area contributed by atoms with Gasteiger partial charge >= 0.3 is 5.97 Å². The van der Waals surface area contributed by atoms with Crippen LogP contribution in [0.25, 0.3) is 0 Å². The Kier molecular flexibility index (Phi) is 3.74. The van der Waals surface area contributed by atoms with Gasteiger partial charge in [0.1, 0.15) is 5.69 Å². The second kappa shape index (κ2) is 4.84. The number of methoxy groups -OCH3 is 1. The van der Waals surface area contributed by atoms with Gasteiger partial charge < -0.3 is 15.0 Å². The van der Waals surface area contributed by atoms with Gasteiger partial charge in [0, 0.05) is 12.7 Å². The Hall–Kier alpha value is -1.49. The number of amides is 1. The van der Waals surface area contributed by atoms with Crippen LogP contribution in [0.5, 0.6) is 0 Å². The molecule has 0 radical (unpaired) electrons. The molecule has 0 saturated heterocycles. The zero-order valence-electron chi connectivity index (χ0n) is 8.39. The van der Waals surface area contributed by atoms with E-state index in [9.17, 15) is 9.59 Å². The largest absolute Gasteiger partial charge is 0.464 e. The van der Waals surface area contributed by atoms with Gasteiger partial charge in [0.15, 0.2) is 0 Å². The summed E-state index contributed by atoms with van der Waals surface area (Å²) in [6.07, 6.45) is 1.37. The number of aromatic amines is 1. The molecule has 1 aromatic rings. The number of rotatable bonds is 3. The maximum Gasteiger partial charge on any atom is 0.356 e. The minimum atomic E-state index is -0.601. The number of hydrogen-bond donors (Lipinski definition) is 2. The van der Waals surface area contributed by atoms with E-state index in [1.54, 1.807) is 6.92 Å². The second-order valence-electron chi connectivity index (χ2n) is 2.74. The van der Waals surface area contributed by atoms with Crippen LogP contribution in [0.1, 0.15) is 27.8 Å². The molecule has 5 nitrogen and oxygen atoms in total. The quantitative estimate of drug-likeness (QED) is 0.767. The predicted octanol–water partition coefficient (Wildman–Crippen LogP) is 1.20. The molecule has 1 heterocycles. The highest BCUT2D eigenvalue weighted by Crippen LogP contribution is 2.21. The summed E-state index contributed by atoms with van der Waals surface area (Å²) in [6.45, 7) is 2.29. The molecule has 2 N–H and O–H groups in total. The fourth-order valence-corrected chi connectivity index (χ4v) is 1.35. The number of hydrogen-bond acceptors (Lipinski definition) is 3. The number of carbonyl (C=O) groups excluding carboxylic acids is 2. The zero-order valence-corrected chi connectivity index (χ0v) is 9.14. The minimum Gasteiger partial charge on any atom is -0.464 e. The third kappa shape index (κ3) is 2.30. The lowest BCUT2D eigenvalue weighted by Gasteiger charge is -1.99. The van der Waals surface area contributed by atoms with Gasteiger partial charge in [-0.1, -0.05) is 11.6 Å². The van der Waals surface area contributed by atoms with Crippen LogP contribution in [0.3, 0.4) is 0 Å². The molecular formula is C9H11ClN2O3. The summed E-state index contributed by atoms with van der Waals surface area (Å²) in [6, 6.07) is 0. The highest BCUT2D eigenvalue weighted by atomic mass is 35.5. The van der Waals surface area contributed by atoms with E-state index in [4.69, 9.17) is 11.6 Å². The Bertz CT molecular complexity index is 387. The van der Waals surface area contributed by atoms with Crippen molar-refractivity contribution in [3.8, 4) is 0 Å². The molecule has 1 rings (SSSR count). The van der Waals surface area contributed by atoms with Gasteiger partial charge in [-0.2, -0.15) is 0 Å². The van der Waals surface area contributed by atoms with Gasteiger partial charge in [0.25, 0.3) is 5.91 Å². The molecule has 0 unspecified atom stereocenters. The standard InChI is InChI=1S/C9H11ClN2O3/c1-3-11-8(13)5-4-12-7(6(5)10)9(14)15-2/h4,12H,3H2,1-2H3,(H,11,13). The van der Waals surface area contributed by atoms with Crippen molar-refractivity contribution in [2.75, 3.05) is 13.7 Å². The SMILES string of the molecule is CCNC(=O)c1c[nH]c(C(=O)OC)c1Cl. The van der Waals surface area contributed by atoms with Crippen LogP contribution in [0.15, 0.2) is 6.20 Å². The molecule has 0 aliphatic rings. The van der Waals surface area contributed by atoms with Gasteiger partial charge in [0.2, 0.25) is 0 Å². The van der Waals surface area contributed by atoms with Crippen molar-refractivity contribution < 1.29 is 14.3 Å². The van der Waals surface area contributed by atoms with Crippen molar-refractivity contribution in [3.63, 3.8) is 0 Å². The first kappa shape index (κ1) is 11.6. The molecule has 0 bridgehead atoms. The molecule has 0 spiro atoms. The number of aromatic nitrogens is 1. The first-order valence-electron chi connectivity index (χ1n) is 4.35. The van der Waals surface area contributed by atoms with E-state index in [1.165, 1.54) is 13.3 Å². The van der Waals surface area contributed by atoms with Gasteiger partial charge in [-0.05, 0) is 6.92 Å². The van der Waals surface area contributed by atoms with Crippen LogP contribution in [0.4, 0.5) is 0 Å². The molecule has 82 valence electrons. The molecule has 0 aromatic carbocycles.